The molecule has 2 N–H and O–H groups in total. The molecular formula is C16H32N2OS. The van der Waals surface area contributed by atoms with Crippen molar-refractivity contribution in [2.75, 3.05) is 18.1 Å². The van der Waals surface area contributed by atoms with Crippen molar-refractivity contribution >= 4 is 17.7 Å². The number of thioether (sulfide) groups is 1. The summed E-state index contributed by atoms with van der Waals surface area (Å²) in [5, 5.41) is 6.70. The van der Waals surface area contributed by atoms with Gasteiger partial charge in [0.15, 0.2) is 0 Å². The summed E-state index contributed by atoms with van der Waals surface area (Å²) in [5.74, 6) is 3.11. The summed E-state index contributed by atoms with van der Waals surface area (Å²) in [6, 6.07) is 0.619. The van der Waals surface area contributed by atoms with Gasteiger partial charge in [0.05, 0.1) is 0 Å². The number of hydrogen-bond acceptors (Lipinski definition) is 3. The molecule has 0 bridgehead atoms. The van der Waals surface area contributed by atoms with Gasteiger partial charge >= 0.3 is 0 Å². The molecule has 0 radical (unpaired) electrons. The van der Waals surface area contributed by atoms with Crippen LogP contribution in [0.15, 0.2) is 0 Å². The van der Waals surface area contributed by atoms with Gasteiger partial charge in [0.1, 0.15) is 0 Å². The topological polar surface area (TPSA) is 41.1 Å². The van der Waals surface area contributed by atoms with E-state index in [9.17, 15) is 4.79 Å². The normalized spacial score (nSPS) is 21.8. The zero-order valence-electron chi connectivity index (χ0n) is 13.8. The van der Waals surface area contributed by atoms with Crippen molar-refractivity contribution in [1.82, 2.24) is 10.6 Å². The summed E-state index contributed by atoms with van der Waals surface area (Å²) in [6.45, 7) is 12.2. The summed E-state index contributed by atoms with van der Waals surface area (Å²) in [5.41, 5.74) is 0.124. The van der Waals surface area contributed by atoms with E-state index in [0.717, 1.165) is 24.5 Å². The molecule has 0 aliphatic carbocycles. The first kappa shape index (κ1) is 17.8. The second kappa shape index (κ2) is 8.28. The lowest BCUT2D eigenvalue weighted by molar-refractivity contribution is -0.123. The number of amides is 1. The van der Waals surface area contributed by atoms with E-state index in [-0.39, 0.29) is 17.4 Å². The first-order valence-electron chi connectivity index (χ1n) is 7.89. The SMILES string of the molecule is CC(C)CCC(NC(=O)CC1CSCCN1)C(C)(C)C. The van der Waals surface area contributed by atoms with Gasteiger partial charge in [-0.05, 0) is 24.2 Å². The van der Waals surface area contributed by atoms with Crippen LogP contribution >= 0.6 is 11.8 Å². The standard InChI is InChI=1S/C16H32N2OS/c1-12(2)6-7-14(16(3,4)5)18-15(19)10-13-11-20-9-8-17-13/h12-14,17H,6-11H2,1-5H3,(H,18,19). The van der Waals surface area contributed by atoms with Gasteiger partial charge in [0, 0.05) is 36.6 Å². The van der Waals surface area contributed by atoms with Crippen molar-refractivity contribution in [2.24, 2.45) is 11.3 Å². The molecule has 2 unspecified atom stereocenters. The number of rotatable bonds is 6. The van der Waals surface area contributed by atoms with Gasteiger partial charge in [0.2, 0.25) is 5.91 Å². The Morgan fingerprint density at radius 3 is 2.55 bits per heavy atom. The third kappa shape index (κ3) is 6.98. The molecule has 1 fully saturated rings. The van der Waals surface area contributed by atoms with Crippen molar-refractivity contribution in [3.8, 4) is 0 Å². The van der Waals surface area contributed by atoms with Gasteiger partial charge in [0.25, 0.3) is 0 Å². The van der Waals surface area contributed by atoms with Gasteiger partial charge in [-0.3, -0.25) is 4.79 Å². The van der Waals surface area contributed by atoms with E-state index in [1.54, 1.807) is 0 Å². The quantitative estimate of drug-likeness (QED) is 0.792. The van der Waals surface area contributed by atoms with E-state index in [2.05, 4.69) is 45.3 Å². The van der Waals surface area contributed by atoms with Crippen LogP contribution in [-0.2, 0) is 4.79 Å². The molecule has 2 atom stereocenters. The number of carbonyl (C=O) groups excluding carboxylic acids is 1. The molecule has 1 aliphatic rings. The first-order chi connectivity index (χ1) is 9.29. The number of nitrogens with one attached hydrogen (secondary N) is 2. The summed E-state index contributed by atoms with van der Waals surface area (Å²) < 4.78 is 0. The number of carbonyl (C=O) groups is 1. The maximum Gasteiger partial charge on any atom is 0.221 e. The van der Waals surface area contributed by atoms with Crippen molar-refractivity contribution in [3.05, 3.63) is 0 Å². The predicted octanol–water partition coefficient (Wildman–Crippen LogP) is 3.05. The second-order valence-electron chi connectivity index (χ2n) is 7.39. The maximum atomic E-state index is 12.3. The minimum absolute atomic E-state index is 0.124. The van der Waals surface area contributed by atoms with Gasteiger partial charge in [-0.1, -0.05) is 34.6 Å². The molecule has 1 heterocycles. The Hall–Kier alpha value is -0.220. The van der Waals surface area contributed by atoms with Crippen LogP contribution in [0.5, 0.6) is 0 Å². The van der Waals surface area contributed by atoms with Crippen LogP contribution in [0.25, 0.3) is 0 Å². The minimum Gasteiger partial charge on any atom is -0.353 e. The molecule has 0 aromatic carbocycles. The second-order valence-corrected chi connectivity index (χ2v) is 8.54. The molecule has 3 nitrogen and oxygen atoms in total. The van der Waals surface area contributed by atoms with Gasteiger partial charge in [-0.2, -0.15) is 11.8 Å². The third-order valence-corrected chi connectivity index (χ3v) is 4.97. The summed E-state index contributed by atoms with van der Waals surface area (Å²) >= 11 is 1.94. The van der Waals surface area contributed by atoms with E-state index in [0.29, 0.717) is 18.4 Å². The van der Waals surface area contributed by atoms with Crippen LogP contribution in [0.2, 0.25) is 0 Å². The third-order valence-electron chi connectivity index (χ3n) is 3.84. The minimum atomic E-state index is 0.124. The summed E-state index contributed by atoms with van der Waals surface area (Å²) in [6.07, 6.45) is 2.85. The van der Waals surface area contributed by atoms with Crippen LogP contribution < -0.4 is 10.6 Å². The van der Waals surface area contributed by atoms with E-state index >= 15 is 0 Å². The zero-order valence-corrected chi connectivity index (χ0v) is 14.6. The predicted molar refractivity (Wildman–Crippen MR) is 89.2 cm³/mol. The highest BCUT2D eigenvalue weighted by Crippen LogP contribution is 2.24. The summed E-state index contributed by atoms with van der Waals surface area (Å²) in [4.78, 5) is 12.3. The smallest absolute Gasteiger partial charge is 0.221 e. The number of hydrogen-bond donors (Lipinski definition) is 2. The highest BCUT2D eigenvalue weighted by Gasteiger charge is 2.27. The van der Waals surface area contributed by atoms with Crippen molar-refractivity contribution in [2.45, 2.75) is 66.0 Å². The lowest BCUT2D eigenvalue weighted by Crippen LogP contribution is -2.47. The molecule has 118 valence electrons. The largest absolute Gasteiger partial charge is 0.353 e. The Balaban J connectivity index is 2.44. The highest BCUT2D eigenvalue weighted by atomic mass is 32.2. The van der Waals surface area contributed by atoms with E-state index < -0.39 is 0 Å². The molecule has 4 heteroatoms. The Bertz CT molecular complexity index is 293. The molecule has 1 aliphatic heterocycles. The molecule has 20 heavy (non-hydrogen) atoms. The molecule has 0 aromatic heterocycles. The lowest BCUT2D eigenvalue weighted by atomic mass is 9.82. The van der Waals surface area contributed by atoms with Crippen molar-refractivity contribution in [3.63, 3.8) is 0 Å². The van der Waals surface area contributed by atoms with Gasteiger partial charge in [-0.15, -0.1) is 0 Å². The van der Waals surface area contributed by atoms with Crippen molar-refractivity contribution < 1.29 is 4.79 Å². The lowest BCUT2D eigenvalue weighted by Gasteiger charge is -2.33. The summed E-state index contributed by atoms with van der Waals surface area (Å²) in [7, 11) is 0. The molecule has 0 saturated carbocycles. The van der Waals surface area contributed by atoms with Crippen LogP contribution in [-0.4, -0.2) is 36.0 Å². The molecule has 0 aromatic rings. The first-order valence-corrected chi connectivity index (χ1v) is 9.05. The van der Waals surface area contributed by atoms with Crippen LogP contribution in [0.3, 0.4) is 0 Å². The van der Waals surface area contributed by atoms with Gasteiger partial charge in [-0.25, -0.2) is 0 Å². The fraction of sp³-hybridized carbons (Fsp3) is 0.938. The average molecular weight is 301 g/mol. The average Bonchev–Trinajstić information content (AvgIpc) is 2.34. The monoisotopic (exact) mass is 300 g/mol. The highest BCUT2D eigenvalue weighted by molar-refractivity contribution is 7.99. The van der Waals surface area contributed by atoms with Gasteiger partial charge < -0.3 is 10.6 Å². The Morgan fingerprint density at radius 2 is 2.05 bits per heavy atom. The molecule has 1 amide bonds. The van der Waals surface area contributed by atoms with Crippen LogP contribution in [0.1, 0.15) is 53.9 Å². The molecular weight excluding hydrogens is 268 g/mol. The van der Waals surface area contributed by atoms with Crippen molar-refractivity contribution in [1.29, 1.82) is 0 Å². The molecule has 1 rings (SSSR count). The Labute approximate surface area is 129 Å². The zero-order chi connectivity index (χ0) is 15.2. The Kier molecular flexibility index (Phi) is 7.38. The Morgan fingerprint density at radius 1 is 1.35 bits per heavy atom. The van der Waals surface area contributed by atoms with E-state index in [1.807, 2.05) is 11.8 Å². The fourth-order valence-electron chi connectivity index (χ4n) is 2.45. The van der Waals surface area contributed by atoms with E-state index in [4.69, 9.17) is 0 Å². The maximum absolute atomic E-state index is 12.3. The van der Waals surface area contributed by atoms with Crippen LogP contribution in [0.4, 0.5) is 0 Å². The fourth-order valence-corrected chi connectivity index (χ4v) is 3.40. The van der Waals surface area contributed by atoms with E-state index in [1.165, 1.54) is 6.42 Å². The molecule has 1 saturated heterocycles. The van der Waals surface area contributed by atoms with Crippen LogP contribution in [0, 0.1) is 11.3 Å². The molecule has 0 spiro atoms.